The number of benzene rings is 1. The number of carboxylic acids is 1. The zero-order valence-electron chi connectivity index (χ0n) is 11.3. The molecule has 1 aromatic carbocycles. The molecule has 0 saturated carbocycles. The molecule has 0 saturated heterocycles. The lowest BCUT2D eigenvalue weighted by atomic mass is 9.95. The fourth-order valence-corrected chi connectivity index (χ4v) is 2.10. The molecule has 0 fully saturated rings. The standard InChI is InChI=1S/C14H19NO4/c1-15(2)6-5-11(14(16)17)10-3-4-12-13(9-10)19-8-7-18-12/h3-4,9,11H,5-8H2,1-2H3,(H,16,17). The third kappa shape index (κ3) is 3.38. The van der Waals surface area contributed by atoms with Crippen LogP contribution in [0.15, 0.2) is 18.2 Å². The van der Waals surface area contributed by atoms with Gasteiger partial charge in [0.15, 0.2) is 11.5 Å². The van der Waals surface area contributed by atoms with Gasteiger partial charge < -0.3 is 19.5 Å². The molecule has 1 atom stereocenters. The fourth-order valence-electron chi connectivity index (χ4n) is 2.10. The predicted molar refractivity (Wildman–Crippen MR) is 71.0 cm³/mol. The molecule has 0 bridgehead atoms. The molecule has 1 heterocycles. The van der Waals surface area contributed by atoms with E-state index in [-0.39, 0.29) is 0 Å². The number of hydrogen-bond acceptors (Lipinski definition) is 4. The van der Waals surface area contributed by atoms with E-state index in [9.17, 15) is 9.90 Å². The van der Waals surface area contributed by atoms with Crippen molar-refractivity contribution in [2.75, 3.05) is 33.9 Å². The van der Waals surface area contributed by atoms with E-state index in [0.29, 0.717) is 31.1 Å². The number of carbonyl (C=O) groups is 1. The molecular weight excluding hydrogens is 246 g/mol. The average molecular weight is 265 g/mol. The molecule has 1 aliphatic heterocycles. The van der Waals surface area contributed by atoms with Crippen molar-refractivity contribution >= 4 is 5.97 Å². The highest BCUT2D eigenvalue weighted by Crippen LogP contribution is 2.34. The molecule has 1 N–H and O–H groups in total. The summed E-state index contributed by atoms with van der Waals surface area (Å²) in [6.45, 7) is 1.77. The van der Waals surface area contributed by atoms with E-state index >= 15 is 0 Å². The minimum absolute atomic E-state index is 0.506. The van der Waals surface area contributed by atoms with Crippen LogP contribution in [-0.4, -0.2) is 49.8 Å². The molecule has 1 unspecified atom stereocenters. The molecule has 0 aliphatic carbocycles. The highest BCUT2D eigenvalue weighted by molar-refractivity contribution is 5.76. The van der Waals surface area contributed by atoms with Gasteiger partial charge in [0.1, 0.15) is 13.2 Å². The molecule has 1 aliphatic rings. The van der Waals surface area contributed by atoms with Crippen LogP contribution < -0.4 is 9.47 Å². The molecule has 5 heteroatoms. The Morgan fingerprint density at radius 3 is 2.63 bits per heavy atom. The Morgan fingerprint density at radius 2 is 2.00 bits per heavy atom. The lowest BCUT2D eigenvalue weighted by Gasteiger charge is -2.21. The van der Waals surface area contributed by atoms with Gasteiger partial charge in [-0.2, -0.15) is 0 Å². The van der Waals surface area contributed by atoms with Crippen LogP contribution in [0.4, 0.5) is 0 Å². The number of rotatable bonds is 5. The summed E-state index contributed by atoms with van der Waals surface area (Å²) in [6, 6.07) is 5.38. The molecule has 104 valence electrons. The predicted octanol–water partition coefficient (Wildman–Crippen LogP) is 1.58. The number of ether oxygens (including phenoxy) is 2. The van der Waals surface area contributed by atoms with Gasteiger partial charge in [0, 0.05) is 0 Å². The number of nitrogens with zero attached hydrogens (tertiary/aromatic N) is 1. The SMILES string of the molecule is CN(C)CCC(C(=O)O)c1ccc2c(c1)OCCO2. The highest BCUT2D eigenvalue weighted by atomic mass is 16.6. The van der Waals surface area contributed by atoms with Crippen molar-refractivity contribution in [3.8, 4) is 11.5 Å². The van der Waals surface area contributed by atoms with Gasteiger partial charge >= 0.3 is 5.97 Å². The lowest BCUT2D eigenvalue weighted by molar-refractivity contribution is -0.139. The van der Waals surface area contributed by atoms with Crippen LogP contribution in [0.2, 0.25) is 0 Å². The molecule has 2 rings (SSSR count). The van der Waals surface area contributed by atoms with Crippen LogP contribution in [-0.2, 0) is 4.79 Å². The topological polar surface area (TPSA) is 59.0 Å². The largest absolute Gasteiger partial charge is 0.486 e. The van der Waals surface area contributed by atoms with E-state index in [4.69, 9.17) is 9.47 Å². The third-order valence-corrected chi connectivity index (χ3v) is 3.13. The maximum absolute atomic E-state index is 11.4. The quantitative estimate of drug-likeness (QED) is 0.876. The monoisotopic (exact) mass is 265 g/mol. The summed E-state index contributed by atoms with van der Waals surface area (Å²) in [7, 11) is 3.87. The highest BCUT2D eigenvalue weighted by Gasteiger charge is 2.22. The summed E-state index contributed by atoms with van der Waals surface area (Å²) in [4.78, 5) is 13.4. The Morgan fingerprint density at radius 1 is 1.32 bits per heavy atom. The first-order chi connectivity index (χ1) is 9.08. The van der Waals surface area contributed by atoms with Crippen molar-refractivity contribution in [3.05, 3.63) is 23.8 Å². The molecule has 5 nitrogen and oxygen atoms in total. The lowest BCUT2D eigenvalue weighted by Crippen LogP contribution is -2.21. The van der Waals surface area contributed by atoms with Crippen molar-refractivity contribution in [3.63, 3.8) is 0 Å². The van der Waals surface area contributed by atoms with Crippen LogP contribution in [0, 0.1) is 0 Å². The number of hydrogen-bond donors (Lipinski definition) is 1. The minimum atomic E-state index is -0.807. The zero-order valence-corrected chi connectivity index (χ0v) is 11.3. The normalized spacial score (nSPS) is 15.3. The van der Waals surface area contributed by atoms with Crippen LogP contribution in [0.5, 0.6) is 11.5 Å². The van der Waals surface area contributed by atoms with Crippen molar-refractivity contribution in [2.45, 2.75) is 12.3 Å². The van der Waals surface area contributed by atoms with Gasteiger partial charge in [-0.3, -0.25) is 4.79 Å². The van der Waals surface area contributed by atoms with E-state index in [2.05, 4.69) is 0 Å². The first-order valence-electron chi connectivity index (χ1n) is 6.35. The third-order valence-electron chi connectivity index (χ3n) is 3.13. The molecule has 1 aromatic rings. The van der Waals surface area contributed by atoms with Crippen LogP contribution in [0.1, 0.15) is 17.9 Å². The van der Waals surface area contributed by atoms with Gasteiger partial charge in [0.2, 0.25) is 0 Å². The van der Waals surface area contributed by atoms with Crippen LogP contribution in [0.25, 0.3) is 0 Å². The number of carboxylic acid groups (broad SMARTS) is 1. The second-order valence-corrected chi connectivity index (χ2v) is 4.89. The summed E-state index contributed by atoms with van der Waals surface area (Å²) in [5.74, 6) is 0.00311. The first kappa shape index (κ1) is 13.7. The van der Waals surface area contributed by atoms with E-state index in [1.165, 1.54) is 0 Å². The Balaban J connectivity index is 2.19. The Hall–Kier alpha value is -1.75. The Labute approximate surface area is 112 Å². The second-order valence-electron chi connectivity index (χ2n) is 4.89. The van der Waals surface area contributed by atoms with E-state index in [1.807, 2.05) is 25.1 Å². The molecule has 0 aromatic heterocycles. The summed E-state index contributed by atoms with van der Waals surface area (Å²) < 4.78 is 10.9. The van der Waals surface area contributed by atoms with Crippen LogP contribution in [0.3, 0.4) is 0 Å². The van der Waals surface area contributed by atoms with Crippen molar-refractivity contribution < 1.29 is 19.4 Å². The van der Waals surface area contributed by atoms with Gasteiger partial charge in [-0.05, 0) is 44.8 Å². The van der Waals surface area contributed by atoms with Crippen molar-refractivity contribution in [2.24, 2.45) is 0 Å². The molecule has 0 spiro atoms. The molecule has 0 radical (unpaired) electrons. The minimum Gasteiger partial charge on any atom is -0.486 e. The molecule has 0 amide bonds. The number of aliphatic carboxylic acids is 1. The number of fused-ring (bicyclic) bond motifs is 1. The Kier molecular flexibility index (Phi) is 4.27. The fraction of sp³-hybridized carbons (Fsp3) is 0.500. The first-order valence-corrected chi connectivity index (χ1v) is 6.35. The average Bonchev–Trinajstić information content (AvgIpc) is 2.38. The molecular formula is C14H19NO4. The summed E-state index contributed by atoms with van der Waals surface area (Å²) in [5, 5.41) is 9.35. The van der Waals surface area contributed by atoms with Gasteiger partial charge in [-0.15, -0.1) is 0 Å². The molecule has 19 heavy (non-hydrogen) atoms. The maximum Gasteiger partial charge on any atom is 0.311 e. The van der Waals surface area contributed by atoms with Crippen LogP contribution >= 0.6 is 0 Å². The van der Waals surface area contributed by atoms with Crippen molar-refractivity contribution in [1.29, 1.82) is 0 Å². The summed E-state index contributed by atoms with van der Waals surface area (Å²) in [6.07, 6.45) is 0.571. The Bertz CT molecular complexity index is 459. The van der Waals surface area contributed by atoms with Crippen molar-refractivity contribution in [1.82, 2.24) is 4.90 Å². The van der Waals surface area contributed by atoms with E-state index in [0.717, 1.165) is 12.1 Å². The smallest absolute Gasteiger partial charge is 0.311 e. The van der Waals surface area contributed by atoms with Gasteiger partial charge in [-0.1, -0.05) is 6.07 Å². The summed E-state index contributed by atoms with van der Waals surface area (Å²) in [5.41, 5.74) is 0.763. The summed E-state index contributed by atoms with van der Waals surface area (Å²) >= 11 is 0. The zero-order chi connectivity index (χ0) is 13.8. The van der Waals surface area contributed by atoms with E-state index < -0.39 is 11.9 Å². The maximum atomic E-state index is 11.4. The van der Waals surface area contributed by atoms with Gasteiger partial charge in [0.25, 0.3) is 0 Å². The van der Waals surface area contributed by atoms with Gasteiger partial charge in [0.05, 0.1) is 5.92 Å². The second kappa shape index (κ2) is 5.93. The van der Waals surface area contributed by atoms with Gasteiger partial charge in [-0.25, -0.2) is 0 Å². The van der Waals surface area contributed by atoms with E-state index in [1.54, 1.807) is 12.1 Å².